The lowest BCUT2D eigenvalue weighted by Gasteiger charge is -2.17. The van der Waals surface area contributed by atoms with Crippen LogP contribution < -0.4 is 11.1 Å². The van der Waals surface area contributed by atoms with Crippen LogP contribution in [0, 0.1) is 0 Å². The molecule has 0 heterocycles. The summed E-state index contributed by atoms with van der Waals surface area (Å²) in [6, 6.07) is 0.206. The Balaban J connectivity index is 3.77. The second kappa shape index (κ2) is 5.13. The molecule has 0 aromatic heterocycles. The lowest BCUT2D eigenvalue weighted by atomic mass is 10.1. The number of primary amides is 1. The average Bonchev–Trinajstić information content (AvgIpc) is 1.99. The molecule has 0 saturated carbocycles. The second-order valence-electron chi connectivity index (χ2n) is 2.84. The van der Waals surface area contributed by atoms with Crippen LogP contribution in [0.2, 0.25) is 0 Å². The third kappa shape index (κ3) is 3.98. The van der Waals surface area contributed by atoms with Crippen molar-refractivity contribution in [2.45, 2.75) is 45.7 Å². The Morgan fingerprint density at radius 1 is 1.45 bits per heavy atom. The first kappa shape index (κ1) is 10.4. The van der Waals surface area contributed by atoms with Gasteiger partial charge in [-0.1, -0.05) is 13.8 Å². The highest BCUT2D eigenvalue weighted by atomic mass is 16.1. The van der Waals surface area contributed by atoms with Crippen molar-refractivity contribution in [3.05, 3.63) is 0 Å². The van der Waals surface area contributed by atoms with Crippen LogP contribution in [0.1, 0.15) is 33.6 Å². The number of carbonyl (C=O) groups excluding carboxylic acids is 1. The quantitative estimate of drug-likeness (QED) is 0.617. The van der Waals surface area contributed by atoms with Gasteiger partial charge in [0, 0.05) is 6.04 Å². The van der Waals surface area contributed by atoms with Crippen molar-refractivity contribution in [2.75, 3.05) is 0 Å². The van der Waals surface area contributed by atoms with Gasteiger partial charge >= 0.3 is 0 Å². The highest BCUT2D eigenvalue weighted by Gasteiger charge is 2.13. The van der Waals surface area contributed by atoms with E-state index in [1.54, 1.807) is 0 Å². The second-order valence-corrected chi connectivity index (χ2v) is 2.84. The Kier molecular flexibility index (Phi) is 4.86. The molecular weight excluding hydrogens is 140 g/mol. The van der Waals surface area contributed by atoms with Crippen LogP contribution >= 0.6 is 0 Å². The summed E-state index contributed by atoms with van der Waals surface area (Å²) in [5.41, 5.74) is 5.15. The monoisotopic (exact) mass is 158 g/mol. The van der Waals surface area contributed by atoms with Crippen LogP contribution in [0.3, 0.4) is 0 Å². The van der Waals surface area contributed by atoms with Gasteiger partial charge in [-0.2, -0.15) is 0 Å². The zero-order valence-electron chi connectivity index (χ0n) is 7.55. The first-order valence-corrected chi connectivity index (χ1v) is 4.17. The molecule has 2 unspecified atom stereocenters. The Bertz CT molecular complexity index is 125. The van der Waals surface area contributed by atoms with Gasteiger partial charge in [-0.05, 0) is 19.8 Å². The number of nitrogens with one attached hydrogen (secondary N) is 1. The molecule has 2 atom stereocenters. The Morgan fingerprint density at radius 3 is 2.27 bits per heavy atom. The Morgan fingerprint density at radius 2 is 2.00 bits per heavy atom. The minimum absolute atomic E-state index is 0.162. The minimum atomic E-state index is -0.257. The van der Waals surface area contributed by atoms with Crippen LogP contribution in [0.15, 0.2) is 0 Å². The molecule has 0 bridgehead atoms. The number of amides is 1. The third-order valence-corrected chi connectivity index (χ3v) is 1.85. The predicted octanol–water partition coefficient (Wildman–Crippen LogP) is 0.638. The van der Waals surface area contributed by atoms with Gasteiger partial charge in [-0.3, -0.25) is 4.79 Å². The van der Waals surface area contributed by atoms with Gasteiger partial charge in [0.2, 0.25) is 5.91 Å². The predicted molar refractivity (Wildman–Crippen MR) is 46.2 cm³/mol. The molecule has 0 aliphatic rings. The van der Waals surface area contributed by atoms with Crippen molar-refractivity contribution in [1.29, 1.82) is 0 Å². The SMILES string of the molecule is CCC(C)NC(CC)C(N)=O. The first-order chi connectivity index (χ1) is 5.11. The van der Waals surface area contributed by atoms with E-state index in [0.29, 0.717) is 6.04 Å². The molecule has 66 valence electrons. The average molecular weight is 158 g/mol. The van der Waals surface area contributed by atoms with Crippen molar-refractivity contribution >= 4 is 5.91 Å². The Hall–Kier alpha value is -0.570. The molecule has 3 heteroatoms. The number of carbonyl (C=O) groups is 1. The van der Waals surface area contributed by atoms with Gasteiger partial charge in [0.25, 0.3) is 0 Å². The molecule has 0 spiro atoms. The summed E-state index contributed by atoms with van der Waals surface area (Å²) >= 11 is 0. The van der Waals surface area contributed by atoms with Crippen molar-refractivity contribution in [3.8, 4) is 0 Å². The van der Waals surface area contributed by atoms with E-state index in [-0.39, 0.29) is 11.9 Å². The number of rotatable bonds is 5. The van der Waals surface area contributed by atoms with Crippen LogP contribution in [-0.4, -0.2) is 18.0 Å². The van der Waals surface area contributed by atoms with Gasteiger partial charge in [-0.15, -0.1) is 0 Å². The van der Waals surface area contributed by atoms with E-state index in [2.05, 4.69) is 12.2 Å². The molecule has 0 aromatic carbocycles. The molecule has 1 amide bonds. The molecule has 11 heavy (non-hydrogen) atoms. The first-order valence-electron chi connectivity index (χ1n) is 4.17. The summed E-state index contributed by atoms with van der Waals surface area (Å²) in [7, 11) is 0. The summed E-state index contributed by atoms with van der Waals surface area (Å²) in [5, 5.41) is 3.14. The normalized spacial score (nSPS) is 15.9. The van der Waals surface area contributed by atoms with Crippen LogP contribution in [0.4, 0.5) is 0 Å². The van der Waals surface area contributed by atoms with E-state index >= 15 is 0 Å². The number of nitrogens with two attached hydrogens (primary N) is 1. The molecule has 3 N–H and O–H groups in total. The van der Waals surface area contributed by atoms with Crippen LogP contribution in [0.5, 0.6) is 0 Å². The Labute approximate surface area is 68.3 Å². The molecule has 0 aromatic rings. The van der Waals surface area contributed by atoms with Crippen molar-refractivity contribution < 1.29 is 4.79 Å². The molecule has 0 aliphatic heterocycles. The van der Waals surface area contributed by atoms with Gasteiger partial charge in [0.1, 0.15) is 0 Å². The van der Waals surface area contributed by atoms with E-state index < -0.39 is 0 Å². The van der Waals surface area contributed by atoms with Crippen molar-refractivity contribution in [3.63, 3.8) is 0 Å². The highest BCUT2D eigenvalue weighted by Crippen LogP contribution is 1.95. The van der Waals surface area contributed by atoms with E-state index in [0.717, 1.165) is 12.8 Å². The topological polar surface area (TPSA) is 55.1 Å². The summed E-state index contributed by atoms with van der Waals surface area (Å²) < 4.78 is 0. The maximum atomic E-state index is 10.7. The molecule has 3 nitrogen and oxygen atoms in total. The fraction of sp³-hybridized carbons (Fsp3) is 0.875. The maximum Gasteiger partial charge on any atom is 0.234 e. The summed E-state index contributed by atoms with van der Waals surface area (Å²) in [6.45, 7) is 6.07. The van der Waals surface area contributed by atoms with Gasteiger partial charge in [-0.25, -0.2) is 0 Å². The van der Waals surface area contributed by atoms with Crippen molar-refractivity contribution in [1.82, 2.24) is 5.32 Å². The van der Waals surface area contributed by atoms with Crippen molar-refractivity contribution in [2.24, 2.45) is 5.73 Å². The van der Waals surface area contributed by atoms with Crippen LogP contribution in [0.25, 0.3) is 0 Å². The molecule has 0 saturated heterocycles. The van der Waals surface area contributed by atoms with E-state index in [4.69, 9.17) is 5.73 Å². The zero-order chi connectivity index (χ0) is 8.85. The van der Waals surface area contributed by atoms with E-state index in [1.807, 2.05) is 13.8 Å². The lowest BCUT2D eigenvalue weighted by Crippen LogP contribution is -2.44. The molecule has 0 radical (unpaired) electrons. The molecule has 0 rings (SSSR count). The maximum absolute atomic E-state index is 10.7. The summed E-state index contributed by atoms with van der Waals surface area (Å²) in [6.07, 6.45) is 1.78. The molecule has 0 aliphatic carbocycles. The minimum Gasteiger partial charge on any atom is -0.368 e. The van der Waals surface area contributed by atoms with Gasteiger partial charge in [0.05, 0.1) is 6.04 Å². The standard InChI is InChI=1S/C8H18N2O/c1-4-6(3)10-7(5-2)8(9)11/h6-7,10H,4-5H2,1-3H3,(H2,9,11). The van der Waals surface area contributed by atoms with Gasteiger partial charge < -0.3 is 11.1 Å². The zero-order valence-corrected chi connectivity index (χ0v) is 7.55. The summed E-state index contributed by atoms with van der Waals surface area (Å²) in [4.78, 5) is 10.7. The van der Waals surface area contributed by atoms with Gasteiger partial charge in [0.15, 0.2) is 0 Å². The lowest BCUT2D eigenvalue weighted by molar-refractivity contribution is -0.120. The molecular formula is C8H18N2O. The smallest absolute Gasteiger partial charge is 0.234 e. The van der Waals surface area contributed by atoms with E-state index in [9.17, 15) is 4.79 Å². The highest BCUT2D eigenvalue weighted by molar-refractivity contribution is 5.79. The third-order valence-electron chi connectivity index (χ3n) is 1.85. The molecule has 0 fully saturated rings. The van der Waals surface area contributed by atoms with Crippen LogP contribution in [-0.2, 0) is 4.79 Å². The van der Waals surface area contributed by atoms with E-state index in [1.165, 1.54) is 0 Å². The summed E-state index contributed by atoms with van der Waals surface area (Å²) in [5.74, 6) is -0.257. The fourth-order valence-electron chi connectivity index (χ4n) is 0.862. The number of hydrogen-bond acceptors (Lipinski definition) is 2. The number of hydrogen-bond donors (Lipinski definition) is 2. The largest absolute Gasteiger partial charge is 0.368 e. The fourth-order valence-corrected chi connectivity index (χ4v) is 0.862.